The Labute approximate surface area is 115 Å². The Kier molecular flexibility index (Phi) is 4.83. The number of halogens is 6. The van der Waals surface area contributed by atoms with E-state index in [2.05, 4.69) is 0 Å². The molecule has 0 aromatic heterocycles. The van der Waals surface area contributed by atoms with Gasteiger partial charge in [-0.3, -0.25) is 4.79 Å². The zero-order valence-electron chi connectivity index (χ0n) is 10.4. The molecule has 1 aromatic rings. The molecule has 0 aliphatic heterocycles. The summed E-state index contributed by atoms with van der Waals surface area (Å²) in [6.07, 6.45) is -12.5. The summed E-state index contributed by atoms with van der Waals surface area (Å²) in [5.74, 6) is -1.49. The summed E-state index contributed by atoms with van der Waals surface area (Å²) in [5.41, 5.74) is -4.63. The van der Waals surface area contributed by atoms with Gasteiger partial charge in [0.1, 0.15) is 0 Å². The van der Waals surface area contributed by atoms with Crippen LogP contribution < -0.4 is 0 Å². The topological polar surface area (TPSA) is 37.3 Å². The zero-order valence-corrected chi connectivity index (χ0v) is 10.4. The summed E-state index contributed by atoms with van der Waals surface area (Å²) in [4.78, 5) is 11.3. The van der Waals surface area contributed by atoms with Crippen LogP contribution in [0.5, 0.6) is 0 Å². The van der Waals surface area contributed by atoms with E-state index in [9.17, 15) is 31.1 Å². The molecule has 0 fully saturated rings. The van der Waals surface area contributed by atoms with Gasteiger partial charge in [-0.15, -0.1) is 0 Å². The molecule has 0 aliphatic carbocycles. The molecular formula is C13H10F6O2. The summed E-state index contributed by atoms with van der Waals surface area (Å²) in [6, 6.07) is 7.80. The van der Waals surface area contributed by atoms with Crippen LogP contribution in [0.3, 0.4) is 0 Å². The molecule has 0 aliphatic rings. The van der Waals surface area contributed by atoms with E-state index in [1.165, 1.54) is 12.1 Å². The van der Waals surface area contributed by atoms with Gasteiger partial charge in [-0.25, -0.2) is 0 Å². The van der Waals surface area contributed by atoms with Crippen molar-refractivity contribution in [2.75, 3.05) is 0 Å². The van der Waals surface area contributed by atoms with Crippen molar-refractivity contribution in [2.24, 2.45) is 0 Å². The van der Waals surface area contributed by atoms with Crippen LogP contribution >= 0.6 is 0 Å². The van der Waals surface area contributed by atoms with E-state index in [-0.39, 0.29) is 0 Å². The van der Waals surface area contributed by atoms with Crippen molar-refractivity contribution in [1.82, 2.24) is 0 Å². The first-order valence-corrected chi connectivity index (χ1v) is 5.59. The van der Waals surface area contributed by atoms with Gasteiger partial charge in [-0.05, 0) is 11.6 Å². The second-order valence-electron chi connectivity index (χ2n) is 4.24. The predicted molar refractivity (Wildman–Crippen MR) is 62.2 cm³/mol. The lowest BCUT2D eigenvalue weighted by Crippen LogP contribution is -2.57. The van der Waals surface area contributed by atoms with Crippen LogP contribution in [0.4, 0.5) is 26.3 Å². The smallest absolute Gasteiger partial charge is 0.373 e. The van der Waals surface area contributed by atoms with Crippen LogP contribution in [0.15, 0.2) is 36.4 Å². The highest BCUT2D eigenvalue weighted by molar-refractivity contribution is 5.94. The quantitative estimate of drug-likeness (QED) is 0.682. The SMILES string of the molecule is O=C(/C=C/c1ccccc1)CC(O)(C(F)(F)F)C(F)(F)F. The van der Waals surface area contributed by atoms with Crippen LogP contribution in [0, 0.1) is 0 Å². The molecule has 1 N–H and O–H groups in total. The molecule has 0 amide bonds. The average Bonchev–Trinajstić information content (AvgIpc) is 2.35. The number of carbonyl (C=O) groups is 1. The number of hydrogen-bond donors (Lipinski definition) is 1. The first-order valence-electron chi connectivity index (χ1n) is 5.59. The van der Waals surface area contributed by atoms with E-state index >= 15 is 0 Å². The van der Waals surface area contributed by atoms with Gasteiger partial charge in [0.25, 0.3) is 5.60 Å². The Morgan fingerprint density at radius 1 is 1.00 bits per heavy atom. The molecule has 0 saturated carbocycles. The van der Waals surface area contributed by atoms with Gasteiger partial charge in [0, 0.05) is 0 Å². The van der Waals surface area contributed by atoms with Gasteiger partial charge in [0.05, 0.1) is 6.42 Å². The van der Waals surface area contributed by atoms with Crippen LogP contribution in [0.1, 0.15) is 12.0 Å². The summed E-state index contributed by atoms with van der Waals surface area (Å²) >= 11 is 0. The van der Waals surface area contributed by atoms with Crippen LogP contribution in [0.2, 0.25) is 0 Å². The molecule has 0 heterocycles. The van der Waals surface area contributed by atoms with Crippen molar-refractivity contribution < 1.29 is 36.2 Å². The fraction of sp³-hybridized carbons (Fsp3) is 0.308. The molecule has 21 heavy (non-hydrogen) atoms. The number of hydrogen-bond acceptors (Lipinski definition) is 2. The molecule has 0 spiro atoms. The molecule has 1 rings (SSSR count). The van der Waals surface area contributed by atoms with Crippen molar-refractivity contribution >= 4 is 11.9 Å². The van der Waals surface area contributed by atoms with Gasteiger partial charge in [0.2, 0.25) is 0 Å². The molecule has 0 radical (unpaired) electrons. The van der Waals surface area contributed by atoms with E-state index < -0.39 is 30.2 Å². The fourth-order valence-corrected chi connectivity index (χ4v) is 1.43. The Balaban J connectivity index is 2.91. The molecule has 116 valence electrons. The van der Waals surface area contributed by atoms with Gasteiger partial charge < -0.3 is 5.11 Å². The van der Waals surface area contributed by atoms with E-state index in [0.29, 0.717) is 11.6 Å². The third kappa shape index (κ3) is 4.07. The standard InChI is InChI=1S/C13H10F6O2/c14-12(15,16)11(21,13(17,18)19)8-10(20)7-6-9-4-2-1-3-5-9/h1-7,21H,8H2/b7-6+. The van der Waals surface area contributed by atoms with E-state index in [1.807, 2.05) is 0 Å². The normalized spacial score (nSPS) is 13.7. The largest absolute Gasteiger partial charge is 0.426 e. The van der Waals surface area contributed by atoms with Gasteiger partial charge in [0.15, 0.2) is 5.78 Å². The monoisotopic (exact) mass is 312 g/mol. The molecule has 2 nitrogen and oxygen atoms in total. The summed E-state index contributed by atoms with van der Waals surface area (Å²) in [6.45, 7) is 0. The van der Waals surface area contributed by atoms with E-state index in [4.69, 9.17) is 5.11 Å². The van der Waals surface area contributed by atoms with Gasteiger partial charge in [-0.1, -0.05) is 36.4 Å². The number of aliphatic hydroxyl groups is 1. The van der Waals surface area contributed by atoms with Crippen molar-refractivity contribution in [2.45, 2.75) is 24.4 Å². The van der Waals surface area contributed by atoms with Crippen LogP contribution in [0.25, 0.3) is 6.08 Å². The third-order valence-electron chi connectivity index (χ3n) is 2.63. The highest BCUT2D eigenvalue weighted by atomic mass is 19.4. The lowest BCUT2D eigenvalue weighted by atomic mass is 9.95. The maximum atomic E-state index is 12.4. The first-order chi connectivity index (χ1) is 9.47. The maximum absolute atomic E-state index is 12.4. The van der Waals surface area contributed by atoms with Crippen molar-refractivity contribution in [3.8, 4) is 0 Å². The number of rotatable bonds is 4. The van der Waals surface area contributed by atoms with Crippen molar-refractivity contribution in [3.63, 3.8) is 0 Å². The predicted octanol–water partition coefficient (Wildman–Crippen LogP) is 3.51. The van der Waals surface area contributed by atoms with Gasteiger partial charge in [-0.2, -0.15) is 26.3 Å². The number of alkyl halides is 6. The summed E-state index contributed by atoms with van der Waals surface area (Å²) in [7, 11) is 0. The zero-order chi connectivity index (χ0) is 16.3. The Bertz CT molecular complexity index is 502. The van der Waals surface area contributed by atoms with Crippen molar-refractivity contribution in [3.05, 3.63) is 42.0 Å². The molecule has 8 heteroatoms. The third-order valence-corrected chi connectivity index (χ3v) is 2.63. The molecule has 0 bridgehead atoms. The minimum atomic E-state index is -6.00. The lowest BCUT2D eigenvalue weighted by molar-refractivity contribution is -0.366. The highest BCUT2D eigenvalue weighted by Gasteiger charge is 2.70. The number of ketones is 1. The van der Waals surface area contributed by atoms with E-state index in [1.54, 1.807) is 18.2 Å². The van der Waals surface area contributed by atoms with Crippen molar-refractivity contribution in [1.29, 1.82) is 0 Å². The highest BCUT2D eigenvalue weighted by Crippen LogP contribution is 2.45. The molecular weight excluding hydrogens is 302 g/mol. The molecule has 0 atom stereocenters. The van der Waals surface area contributed by atoms with Gasteiger partial charge >= 0.3 is 12.4 Å². The first kappa shape index (κ1) is 17.2. The maximum Gasteiger partial charge on any atom is 0.426 e. The summed E-state index contributed by atoms with van der Waals surface area (Å²) in [5, 5.41) is 8.85. The number of carbonyl (C=O) groups excluding carboxylic acids is 1. The average molecular weight is 312 g/mol. The second kappa shape index (κ2) is 5.88. The Morgan fingerprint density at radius 3 is 1.90 bits per heavy atom. The molecule has 0 saturated heterocycles. The van der Waals surface area contributed by atoms with Crippen LogP contribution in [-0.2, 0) is 4.79 Å². The summed E-state index contributed by atoms with van der Waals surface area (Å²) < 4.78 is 74.3. The lowest BCUT2D eigenvalue weighted by Gasteiger charge is -2.31. The minimum absolute atomic E-state index is 0.424. The second-order valence-corrected chi connectivity index (χ2v) is 4.24. The minimum Gasteiger partial charge on any atom is -0.373 e. The molecule has 0 unspecified atom stereocenters. The number of allylic oxidation sites excluding steroid dienone is 1. The Hall–Kier alpha value is -1.83. The number of benzene rings is 1. The molecule has 1 aromatic carbocycles. The Morgan fingerprint density at radius 2 is 1.48 bits per heavy atom. The van der Waals surface area contributed by atoms with Crippen LogP contribution in [-0.4, -0.2) is 28.8 Å². The fourth-order valence-electron chi connectivity index (χ4n) is 1.43. The van der Waals surface area contributed by atoms with E-state index in [0.717, 1.165) is 6.08 Å².